The molecular weight excluding hydrogens is 288 g/mol. The van der Waals surface area contributed by atoms with Gasteiger partial charge < -0.3 is 16.0 Å². The molecule has 1 aliphatic heterocycles. The topological polar surface area (TPSA) is 61.6 Å². The monoisotopic (exact) mass is 316 g/mol. The van der Waals surface area contributed by atoms with Crippen molar-refractivity contribution in [1.82, 2.24) is 15.1 Å². The first-order valence-electron chi connectivity index (χ1n) is 8.66. The number of nitrogens with two attached hydrogens (primary N) is 1. The molecular formula is C18H28N4O. The van der Waals surface area contributed by atoms with Crippen molar-refractivity contribution in [2.75, 3.05) is 39.8 Å². The van der Waals surface area contributed by atoms with Gasteiger partial charge in [-0.3, -0.25) is 9.69 Å². The van der Waals surface area contributed by atoms with Crippen molar-refractivity contribution in [1.29, 1.82) is 0 Å². The Balaban J connectivity index is 1.67. The van der Waals surface area contributed by atoms with E-state index >= 15 is 0 Å². The Kier molecular flexibility index (Phi) is 5.30. The molecule has 2 aliphatic rings. The van der Waals surface area contributed by atoms with Crippen LogP contribution in [-0.2, 0) is 4.79 Å². The maximum Gasteiger partial charge on any atom is 0.242 e. The minimum Gasteiger partial charge on any atom is -0.353 e. The molecule has 1 heterocycles. The average molecular weight is 316 g/mol. The highest BCUT2D eigenvalue weighted by Crippen LogP contribution is 2.31. The Morgan fingerprint density at radius 1 is 1.22 bits per heavy atom. The second-order valence-corrected chi connectivity index (χ2v) is 6.90. The predicted molar refractivity (Wildman–Crippen MR) is 92.0 cm³/mol. The van der Waals surface area contributed by atoms with Crippen LogP contribution in [0.1, 0.15) is 24.4 Å². The third-order valence-electron chi connectivity index (χ3n) is 5.01. The van der Waals surface area contributed by atoms with Gasteiger partial charge in [0, 0.05) is 38.8 Å². The fourth-order valence-corrected chi connectivity index (χ4v) is 3.25. The predicted octanol–water partition coefficient (Wildman–Crippen LogP) is 0.829. The van der Waals surface area contributed by atoms with Crippen LogP contribution in [0.15, 0.2) is 30.3 Å². The first kappa shape index (κ1) is 16.4. The van der Waals surface area contributed by atoms with E-state index < -0.39 is 0 Å². The summed E-state index contributed by atoms with van der Waals surface area (Å²) >= 11 is 0. The van der Waals surface area contributed by atoms with Crippen LogP contribution in [0.2, 0.25) is 0 Å². The van der Waals surface area contributed by atoms with Gasteiger partial charge in [0.05, 0.1) is 0 Å². The zero-order chi connectivity index (χ0) is 16.2. The van der Waals surface area contributed by atoms with Crippen molar-refractivity contribution in [2.45, 2.75) is 24.9 Å². The molecule has 0 radical (unpaired) electrons. The summed E-state index contributed by atoms with van der Waals surface area (Å²) in [6.07, 6.45) is 2.41. The van der Waals surface area contributed by atoms with E-state index in [0.717, 1.165) is 31.7 Å². The highest BCUT2D eigenvalue weighted by molar-refractivity contribution is 5.83. The van der Waals surface area contributed by atoms with Gasteiger partial charge >= 0.3 is 0 Å². The number of amides is 1. The van der Waals surface area contributed by atoms with Gasteiger partial charge in [-0.05, 0) is 31.4 Å². The van der Waals surface area contributed by atoms with Crippen LogP contribution in [0.5, 0.6) is 0 Å². The minimum atomic E-state index is -0.212. The van der Waals surface area contributed by atoms with Gasteiger partial charge in [-0.15, -0.1) is 0 Å². The lowest BCUT2D eigenvalue weighted by molar-refractivity contribution is -0.127. The summed E-state index contributed by atoms with van der Waals surface area (Å²) in [5.74, 6) is 0.686. The number of nitrogens with one attached hydrogen (secondary N) is 1. The largest absolute Gasteiger partial charge is 0.353 e. The van der Waals surface area contributed by atoms with E-state index in [4.69, 9.17) is 5.73 Å². The van der Waals surface area contributed by atoms with Crippen LogP contribution in [0, 0.1) is 5.92 Å². The number of hydrogen-bond acceptors (Lipinski definition) is 4. The molecule has 2 atom stereocenters. The van der Waals surface area contributed by atoms with Crippen molar-refractivity contribution in [3.63, 3.8) is 0 Å². The van der Waals surface area contributed by atoms with Crippen LogP contribution in [-0.4, -0.2) is 61.5 Å². The van der Waals surface area contributed by atoms with Crippen molar-refractivity contribution in [3.8, 4) is 0 Å². The fraction of sp³-hybridized carbons (Fsp3) is 0.611. The molecule has 2 fully saturated rings. The molecule has 23 heavy (non-hydrogen) atoms. The molecule has 1 amide bonds. The van der Waals surface area contributed by atoms with Gasteiger partial charge in [-0.1, -0.05) is 30.3 Å². The van der Waals surface area contributed by atoms with Gasteiger partial charge in [0.25, 0.3) is 0 Å². The maximum absolute atomic E-state index is 12.8. The highest BCUT2D eigenvalue weighted by Gasteiger charge is 2.32. The van der Waals surface area contributed by atoms with Crippen molar-refractivity contribution < 1.29 is 4.79 Å². The summed E-state index contributed by atoms with van der Waals surface area (Å²) in [7, 11) is 2.13. The van der Waals surface area contributed by atoms with Crippen molar-refractivity contribution >= 4 is 5.91 Å². The normalized spacial score (nSPS) is 22.5. The van der Waals surface area contributed by atoms with Gasteiger partial charge in [0.1, 0.15) is 6.04 Å². The number of likely N-dealkylation sites (N-methyl/N-ethyl adjacent to an activating group) is 1. The molecule has 2 unspecified atom stereocenters. The van der Waals surface area contributed by atoms with E-state index in [-0.39, 0.29) is 18.0 Å². The highest BCUT2D eigenvalue weighted by atomic mass is 16.2. The van der Waals surface area contributed by atoms with Gasteiger partial charge in [0.15, 0.2) is 0 Å². The SMILES string of the molecule is CN1CCN(C(C(=O)NCC(N)C2CC2)c2ccccc2)CC1. The van der Waals surface area contributed by atoms with E-state index in [1.165, 1.54) is 12.8 Å². The average Bonchev–Trinajstić information content (AvgIpc) is 3.41. The Morgan fingerprint density at radius 2 is 1.87 bits per heavy atom. The maximum atomic E-state index is 12.8. The van der Waals surface area contributed by atoms with E-state index in [2.05, 4.69) is 22.2 Å². The van der Waals surface area contributed by atoms with Crippen molar-refractivity contribution in [3.05, 3.63) is 35.9 Å². The van der Waals surface area contributed by atoms with Crippen LogP contribution >= 0.6 is 0 Å². The van der Waals surface area contributed by atoms with E-state index in [9.17, 15) is 4.79 Å². The molecule has 3 N–H and O–H groups in total. The summed E-state index contributed by atoms with van der Waals surface area (Å²) in [4.78, 5) is 17.4. The smallest absolute Gasteiger partial charge is 0.242 e. The number of carbonyl (C=O) groups is 1. The van der Waals surface area contributed by atoms with E-state index in [1.54, 1.807) is 0 Å². The third-order valence-corrected chi connectivity index (χ3v) is 5.01. The summed E-state index contributed by atoms with van der Waals surface area (Å²) in [5.41, 5.74) is 7.19. The lowest BCUT2D eigenvalue weighted by atomic mass is 10.0. The molecule has 1 saturated heterocycles. The molecule has 0 spiro atoms. The lowest BCUT2D eigenvalue weighted by Crippen LogP contribution is -2.51. The van der Waals surface area contributed by atoms with Gasteiger partial charge in [-0.2, -0.15) is 0 Å². The quantitative estimate of drug-likeness (QED) is 0.816. The first-order valence-corrected chi connectivity index (χ1v) is 8.66. The molecule has 1 aromatic rings. The van der Waals surface area contributed by atoms with E-state index in [0.29, 0.717) is 12.5 Å². The number of hydrogen-bond donors (Lipinski definition) is 2. The molecule has 1 saturated carbocycles. The second-order valence-electron chi connectivity index (χ2n) is 6.90. The Bertz CT molecular complexity index is 509. The molecule has 1 aliphatic carbocycles. The standard InChI is InChI=1S/C18H28N4O/c1-21-9-11-22(12-10-21)17(15-5-3-2-4-6-15)18(23)20-13-16(19)14-7-8-14/h2-6,14,16-17H,7-13,19H2,1H3,(H,20,23). The molecule has 3 rings (SSSR count). The molecule has 5 heteroatoms. The van der Waals surface area contributed by atoms with Crippen LogP contribution in [0.25, 0.3) is 0 Å². The zero-order valence-corrected chi connectivity index (χ0v) is 13.9. The fourth-order valence-electron chi connectivity index (χ4n) is 3.25. The van der Waals surface area contributed by atoms with Crippen LogP contribution < -0.4 is 11.1 Å². The Labute approximate surface area is 138 Å². The minimum absolute atomic E-state index is 0.0804. The molecule has 0 aromatic heterocycles. The van der Waals surface area contributed by atoms with Crippen molar-refractivity contribution in [2.24, 2.45) is 11.7 Å². The summed E-state index contributed by atoms with van der Waals surface area (Å²) in [6, 6.07) is 9.97. The van der Waals surface area contributed by atoms with Gasteiger partial charge in [0.2, 0.25) is 5.91 Å². The zero-order valence-electron chi connectivity index (χ0n) is 13.9. The summed E-state index contributed by atoms with van der Waals surface area (Å²) in [5, 5.41) is 3.09. The number of rotatable bonds is 6. The first-order chi connectivity index (χ1) is 11.1. The lowest BCUT2D eigenvalue weighted by Gasteiger charge is -2.37. The van der Waals surface area contributed by atoms with Gasteiger partial charge in [-0.25, -0.2) is 0 Å². The third kappa shape index (κ3) is 4.31. The van der Waals surface area contributed by atoms with Crippen LogP contribution in [0.3, 0.4) is 0 Å². The number of carbonyl (C=O) groups excluding carboxylic acids is 1. The molecule has 126 valence electrons. The van der Waals surface area contributed by atoms with E-state index in [1.807, 2.05) is 30.3 Å². The van der Waals surface area contributed by atoms with Crippen LogP contribution in [0.4, 0.5) is 0 Å². The Hall–Kier alpha value is -1.43. The molecule has 5 nitrogen and oxygen atoms in total. The number of benzene rings is 1. The number of nitrogens with zero attached hydrogens (tertiary/aromatic N) is 2. The molecule has 1 aromatic carbocycles. The number of piperazine rings is 1. The molecule has 0 bridgehead atoms. The Morgan fingerprint density at radius 3 is 2.48 bits per heavy atom. The second kappa shape index (κ2) is 7.43. The summed E-state index contributed by atoms with van der Waals surface area (Å²) < 4.78 is 0. The summed E-state index contributed by atoms with van der Waals surface area (Å²) in [6.45, 7) is 4.41.